The predicted molar refractivity (Wildman–Crippen MR) is 81.6 cm³/mol. The molecule has 1 aliphatic rings. The predicted octanol–water partition coefficient (Wildman–Crippen LogP) is 2.36. The molecule has 1 saturated heterocycles. The molecule has 1 aromatic rings. The molecule has 2 rings (SSSR count). The first-order chi connectivity index (χ1) is 9.25. The number of halogens is 1. The summed E-state index contributed by atoms with van der Waals surface area (Å²) in [6.07, 6.45) is 0. The van der Waals surface area contributed by atoms with E-state index in [-0.39, 0.29) is 17.0 Å². The SMILES string of the molecule is Cc1ccc(S(=O)(=O)N2CCN(C)C(C)C2C)cc1Cl. The van der Waals surface area contributed by atoms with Crippen LogP contribution in [0.15, 0.2) is 23.1 Å². The molecule has 0 aliphatic carbocycles. The Hall–Kier alpha value is -0.620. The van der Waals surface area contributed by atoms with Crippen LogP contribution in [-0.4, -0.2) is 49.8 Å². The summed E-state index contributed by atoms with van der Waals surface area (Å²) >= 11 is 6.06. The van der Waals surface area contributed by atoms with Crippen LogP contribution in [0, 0.1) is 6.92 Å². The molecular formula is C14H21ClN2O2S. The molecule has 1 fully saturated rings. The van der Waals surface area contributed by atoms with Crippen molar-refractivity contribution in [3.8, 4) is 0 Å². The molecule has 0 spiro atoms. The minimum atomic E-state index is -3.48. The highest BCUT2D eigenvalue weighted by Crippen LogP contribution is 2.27. The van der Waals surface area contributed by atoms with E-state index in [9.17, 15) is 8.42 Å². The summed E-state index contributed by atoms with van der Waals surface area (Å²) in [6, 6.07) is 5.06. The zero-order chi connectivity index (χ0) is 15.1. The fraction of sp³-hybridized carbons (Fsp3) is 0.571. The van der Waals surface area contributed by atoms with E-state index in [1.807, 2.05) is 20.9 Å². The van der Waals surface area contributed by atoms with Crippen molar-refractivity contribution in [1.29, 1.82) is 0 Å². The third-order valence-corrected chi connectivity index (χ3v) is 6.66. The zero-order valence-corrected chi connectivity index (χ0v) is 13.9. The van der Waals surface area contributed by atoms with Gasteiger partial charge in [0, 0.05) is 30.2 Å². The van der Waals surface area contributed by atoms with E-state index < -0.39 is 10.0 Å². The van der Waals surface area contributed by atoms with Gasteiger partial charge in [0.05, 0.1) is 4.90 Å². The Kier molecular flexibility index (Phi) is 4.44. The van der Waals surface area contributed by atoms with Crippen LogP contribution in [0.2, 0.25) is 5.02 Å². The van der Waals surface area contributed by atoms with E-state index in [0.29, 0.717) is 11.6 Å². The second kappa shape index (κ2) is 5.64. The summed E-state index contributed by atoms with van der Waals surface area (Å²) in [6.45, 7) is 7.11. The lowest BCUT2D eigenvalue weighted by molar-refractivity contribution is 0.109. The molecule has 0 bridgehead atoms. The molecular weight excluding hydrogens is 296 g/mol. The number of nitrogens with zero attached hydrogens (tertiary/aromatic N) is 2. The summed E-state index contributed by atoms with van der Waals surface area (Å²) in [4.78, 5) is 2.45. The molecule has 2 atom stereocenters. The number of sulfonamides is 1. The van der Waals surface area contributed by atoms with Gasteiger partial charge in [-0.05, 0) is 45.5 Å². The number of benzene rings is 1. The van der Waals surface area contributed by atoms with Gasteiger partial charge < -0.3 is 4.90 Å². The first kappa shape index (κ1) is 15.8. The average Bonchev–Trinajstić information content (AvgIpc) is 2.38. The van der Waals surface area contributed by atoms with Gasteiger partial charge in [-0.2, -0.15) is 4.31 Å². The van der Waals surface area contributed by atoms with Crippen LogP contribution in [0.1, 0.15) is 19.4 Å². The van der Waals surface area contributed by atoms with Gasteiger partial charge in [0.1, 0.15) is 0 Å². The zero-order valence-electron chi connectivity index (χ0n) is 12.3. The second-order valence-electron chi connectivity index (χ2n) is 5.49. The van der Waals surface area contributed by atoms with E-state index >= 15 is 0 Å². The number of hydrogen-bond donors (Lipinski definition) is 0. The molecule has 0 radical (unpaired) electrons. The van der Waals surface area contributed by atoms with E-state index in [0.717, 1.165) is 12.1 Å². The number of piperazine rings is 1. The molecule has 1 heterocycles. The van der Waals surface area contributed by atoms with E-state index in [4.69, 9.17) is 11.6 Å². The Morgan fingerprint density at radius 2 is 1.85 bits per heavy atom. The minimum Gasteiger partial charge on any atom is -0.301 e. The normalized spacial score (nSPS) is 25.9. The first-order valence-corrected chi connectivity index (χ1v) is 8.55. The van der Waals surface area contributed by atoms with E-state index in [1.54, 1.807) is 22.5 Å². The van der Waals surface area contributed by atoms with Gasteiger partial charge in [-0.25, -0.2) is 8.42 Å². The van der Waals surface area contributed by atoms with Crippen molar-refractivity contribution in [1.82, 2.24) is 9.21 Å². The number of aryl methyl sites for hydroxylation is 1. The van der Waals surface area contributed by atoms with E-state index in [2.05, 4.69) is 11.8 Å². The van der Waals surface area contributed by atoms with Crippen molar-refractivity contribution in [3.63, 3.8) is 0 Å². The average molecular weight is 317 g/mol. The number of rotatable bonds is 2. The summed E-state index contributed by atoms with van der Waals surface area (Å²) in [5.41, 5.74) is 0.880. The van der Waals surface area contributed by atoms with Crippen molar-refractivity contribution >= 4 is 21.6 Å². The smallest absolute Gasteiger partial charge is 0.243 e. The molecule has 20 heavy (non-hydrogen) atoms. The van der Waals surface area contributed by atoms with Gasteiger partial charge in [0.2, 0.25) is 10.0 Å². The van der Waals surface area contributed by atoms with Gasteiger partial charge in [0.25, 0.3) is 0 Å². The molecule has 0 saturated carbocycles. The number of hydrogen-bond acceptors (Lipinski definition) is 3. The van der Waals surface area contributed by atoms with Crippen molar-refractivity contribution in [2.24, 2.45) is 0 Å². The first-order valence-electron chi connectivity index (χ1n) is 6.73. The summed E-state index contributed by atoms with van der Waals surface area (Å²) in [7, 11) is -1.46. The third kappa shape index (κ3) is 2.72. The Labute approximate surface area is 126 Å². The van der Waals surface area contributed by atoms with Crippen LogP contribution >= 0.6 is 11.6 Å². The molecule has 2 unspecified atom stereocenters. The number of likely N-dealkylation sites (N-methyl/N-ethyl adjacent to an activating group) is 1. The Morgan fingerprint density at radius 1 is 1.20 bits per heavy atom. The highest BCUT2D eigenvalue weighted by Gasteiger charge is 2.36. The van der Waals surface area contributed by atoms with Gasteiger partial charge in [-0.3, -0.25) is 0 Å². The third-order valence-electron chi connectivity index (χ3n) is 4.27. The highest BCUT2D eigenvalue weighted by molar-refractivity contribution is 7.89. The highest BCUT2D eigenvalue weighted by atomic mass is 35.5. The summed E-state index contributed by atoms with van der Waals surface area (Å²) < 4.78 is 27.1. The Morgan fingerprint density at radius 3 is 2.45 bits per heavy atom. The molecule has 0 aromatic heterocycles. The van der Waals surface area contributed by atoms with Gasteiger partial charge in [0.15, 0.2) is 0 Å². The maximum atomic E-state index is 12.8. The fourth-order valence-corrected chi connectivity index (χ4v) is 4.44. The van der Waals surface area contributed by atoms with Crippen LogP contribution in [0.3, 0.4) is 0 Å². The monoisotopic (exact) mass is 316 g/mol. The molecule has 6 heteroatoms. The van der Waals surface area contributed by atoms with Gasteiger partial charge >= 0.3 is 0 Å². The Balaban J connectivity index is 2.37. The van der Waals surface area contributed by atoms with Crippen LogP contribution in [0.25, 0.3) is 0 Å². The largest absolute Gasteiger partial charge is 0.301 e. The second-order valence-corrected chi connectivity index (χ2v) is 7.79. The molecule has 1 aromatic carbocycles. The van der Waals surface area contributed by atoms with Gasteiger partial charge in [-0.15, -0.1) is 0 Å². The van der Waals surface area contributed by atoms with Gasteiger partial charge in [-0.1, -0.05) is 17.7 Å². The quantitative estimate of drug-likeness (QED) is 0.841. The van der Waals surface area contributed by atoms with Crippen LogP contribution in [0.5, 0.6) is 0 Å². The molecule has 112 valence electrons. The molecule has 4 nitrogen and oxygen atoms in total. The van der Waals surface area contributed by atoms with Crippen LogP contribution < -0.4 is 0 Å². The molecule has 1 aliphatic heterocycles. The maximum Gasteiger partial charge on any atom is 0.243 e. The Bertz CT molecular complexity index is 603. The van der Waals surface area contributed by atoms with E-state index in [1.165, 1.54) is 0 Å². The minimum absolute atomic E-state index is 0.0566. The summed E-state index contributed by atoms with van der Waals surface area (Å²) in [5, 5.41) is 0.487. The maximum absolute atomic E-state index is 12.8. The van der Waals surface area contributed by atoms with Crippen LogP contribution in [0.4, 0.5) is 0 Å². The fourth-order valence-electron chi connectivity index (χ4n) is 2.48. The molecule has 0 amide bonds. The van der Waals surface area contributed by atoms with Crippen molar-refractivity contribution in [2.45, 2.75) is 37.8 Å². The van der Waals surface area contributed by atoms with Crippen molar-refractivity contribution < 1.29 is 8.42 Å². The van der Waals surface area contributed by atoms with Crippen molar-refractivity contribution in [3.05, 3.63) is 28.8 Å². The lowest BCUT2D eigenvalue weighted by atomic mass is 10.1. The standard InChI is InChI=1S/C14H21ClN2O2S/c1-10-5-6-13(9-14(10)15)20(18,19)17-8-7-16(4)11(2)12(17)3/h5-6,9,11-12H,7-8H2,1-4H3. The lowest BCUT2D eigenvalue weighted by Gasteiger charge is -2.42. The topological polar surface area (TPSA) is 40.6 Å². The van der Waals surface area contributed by atoms with Crippen LogP contribution in [-0.2, 0) is 10.0 Å². The summed E-state index contributed by atoms with van der Waals surface area (Å²) in [5.74, 6) is 0. The lowest BCUT2D eigenvalue weighted by Crippen LogP contribution is -2.57. The van der Waals surface area contributed by atoms with Crippen molar-refractivity contribution in [2.75, 3.05) is 20.1 Å². The molecule has 0 N–H and O–H groups in total.